The summed E-state index contributed by atoms with van der Waals surface area (Å²) in [5, 5.41) is 21.5. The summed E-state index contributed by atoms with van der Waals surface area (Å²) in [4.78, 5) is 0. The molecule has 0 fully saturated rings. The summed E-state index contributed by atoms with van der Waals surface area (Å²) in [5.41, 5.74) is 0. The maximum atomic E-state index is 7.17. The Labute approximate surface area is 73.7 Å². The summed E-state index contributed by atoms with van der Waals surface area (Å²) >= 11 is 0. The molecule has 0 aliphatic heterocycles. The van der Waals surface area contributed by atoms with Crippen molar-refractivity contribution in [3.05, 3.63) is 0 Å². The van der Waals surface area contributed by atoms with Gasteiger partial charge >= 0.3 is 7.32 Å². The average Bonchev–Trinajstić information content (AvgIpc) is 0.811. The lowest BCUT2D eigenvalue weighted by Crippen LogP contribution is -2.07. The molecule has 0 saturated carbocycles. The molecule has 0 spiro atoms. The van der Waals surface area contributed by atoms with Gasteiger partial charge in [0.1, 0.15) is 0 Å². The second-order valence-electron chi connectivity index (χ2n) is 0.346. The average molecular weight is 223 g/mol. The van der Waals surface area contributed by atoms with Gasteiger partial charge in [-0.1, -0.05) is 0 Å². The molecule has 0 aliphatic carbocycles. The molecule has 0 amide bonds. The summed E-state index contributed by atoms with van der Waals surface area (Å²) in [5.74, 6) is 0. The maximum absolute atomic E-state index is 7.17. The van der Waals surface area contributed by atoms with E-state index in [-0.39, 0.29) is 50.0 Å². The third kappa shape index (κ3) is 6180. The molecular weight excluding hydrogens is 201 g/mol. The van der Waals surface area contributed by atoms with Crippen molar-refractivity contribution in [1.82, 2.24) is 6.15 Å². The van der Waals surface area contributed by atoms with Crippen LogP contribution in [0, 0.1) is 0 Å². The van der Waals surface area contributed by atoms with Crippen LogP contribution in [0.2, 0.25) is 0 Å². The first-order valence-corrected chi connectivity index (χ1v) is 0.775. The fourth-order valence-corrected chi connectivity index (χ4v) is 0. The molecule has 0 rings (SSSR count). The molecule has 0 heterocycles. The fraction of sp³-hybridized carbons (Fsp3) is 0. The van der Waals surface area contributed by atoms with Crippen LogP contribution in [0.5, 0.6) is 0 Å². The van der Waals surface area contributed by atoms with Crippen molar-refractivity contribution in [2.45, 2.75) is 0 Å². The van der Waals surface area contributed by atoms with Crippen molar-refractivity contribution < 1.29 is 58.9 Å². The van der Waals surface area contributed by atoms with Gasteiger partial charge in [-0.15, -0.1) is 0 Å². The highest BCUT2D eigenvalue weighted by molar-refractivity contribution is 6.30. The predicted octanol–water partition coefficient (Wildman–Crippen LogP) is -8.49. The van der Waals surface area contributed by atoms with E-state index in [4.69, 9.17) is 15.1 Å². The van der Waals surface area contributed by atoms with E-state index in [2.05, 4.69) is 0 Å². The summed E-state index contributed by atoms with van der Waals surface area (Å²) in [6.07, 6.45) is 0. The highest BCUT2D eigenvalue weighted by atomic mass is 16.5. The summed E-state index contributed by atoms with van der Waals surface area (Å²) < 4.78 is 0. The molecular formula is H22BNO11. The summed E-state index contributed by atoms with van der Waals surface area (Å²) in [7, 11) is -2.17. The quantitative estimate of drug-likeness (QED) is 0.290. The van der Waals surface area contributed by atoms with Crippen LogP contribution in [0.1, 0.15) is 0 Å². The fourth-order valence-electron chi connectivity index (χ4n) is 0. The second-order valence-corrected chi connectivity index (χ2v) is 0.346. The van der Waals surface area contributed by atoms with Gasteiger partial charge in [0, 0.05) is 0 Å². The minimum absolute atomic E-state index is 0. The molecule has 22 N–H and O–H groups in total. The van der Waals surface area contributed by atoms with Crippen molar-refractivity contribution in [2.75, 3.05) is 0 Å². The summed E-state index contributed by atoms with van der Waals surface area (Å²) in [6.45, 7) is 0. The lowest BCUT2D eigenvalue weighted by atomic mass is 10.3. The van der Waals surface area contributed by atoms with E-state index in [0.717, 1.165) is 0 Å². The van der Waals surface area contributed by atoms with E-state index in [9.17, 15) is 0 Å². The zero-order chi connectivity index (χ0) is 3.58. The SMILES string of the molecule is N.O.O.O.O.O.O.O.O.OB(O)O. The van der Waals surface area contributed by atoms with Crippen LogP contribution in [0.3, 0.4) is 0 Å². The third-order valence-electron chi connectivity index (χ3n) is 0. The zero-order valence-electron chi connectivity index (χ0n) is 6.63. The smallest absolute Gasteiger partial charge is 0.412 e. The lowest BCUT2D eigenvalue weighted by molar-refractivity contribution is 0.278. The van der Waals surface area contributed by atoms with E-state index in [1.54, 1.807) is 0 Å². The zero-order valence-corrected chi connectivity index (χ0v) is 6.63. The molecule has 0 aromatic heterocycles. The third-order valence-corrected chi connectivity index (χ3v) is 0. The number of hydrogen-bond donors (Lipinski definition) is 4. The van der Waals surface area contributed by atoms with E-state index in [1.165, 1.54) is 0 Å². The molecule has 0 aliphatic rings. The highest BCUT2D eigenvalue weighted by Gasteiger charge is 1.92. The molecule has 0 atom stereocenters. The first-order valence-electron chi connectivity index (χ1n) is 0.775. The van der Waals surface area contributed by atoms with Crippen LogP contribution in [-0.2, 0) is 0 Å². The van der Waals surface area contributed by atoms with Crippen molar-refractivity contribution in [3.63, 3.8) is 0 Å². The van der Waals surface area contributed by atoms with Crippen LogP contribution in [-0.4, -0.2) is 66.2 Å². The Morgan fingerprint density at radius 3 is 0.462 bits per heavy atom. The van der Waals surface area contributed by atoms with Crippen molar-refractivity contribution in [3.8, 4) is 0 Å². The largest absolute Gasteiger partial charge is 0.631 e. The van der Waals surface area contributed by atoms with E-state index in [1.807, 2.05) is 0 Å². The molecule has 13 heavy (non-hydrogen) atoms. The lowest BCUT2D eigenvalue weighted by Gasteiger charge is -1.69. The van der Waals surface area contributed by atoms with E-state index in [0.29, 0.717) is 0 Å². The Kier molecular flexibility index (Phi) is 3780. The minimum atomic E-state index is -2.17. The molecule has 0 unspecified atom stereocenters. The molecule has 0 bridgehead atoms. The molecule has 0 aromatic rings. The van der Waals surface area contributed by atoms with Crippen molar-refractivity contribution in [1.29, 1.82) is 0 Å². The summed E-state index contributed by atoms with van der Waals surface area (Å²) in [6, 6.07) is 0. The van der Waals surface area contributed by atoms with Crippen LogP contribution < -0.4 is 6.15 Å². The van der Waals surface area contributed by atoms with Crippen molar-refractivity contribution in [2.24, 2.45) is 0 Å². The molecule has 0 radical (unpaired) electrons. The first-order chi connectivity index (χ1) is 1.73. The van der Waals surface area contributed by atoms with E-state index < -0.39 is 7.32 Å². The standard InChI is InChI=1S/BH3O3.H3N.8H2O/c2-1(3)4;;;;;;;;;/h2-4H;1H3;8*1H2. The Morgan fingerprint density at radius 1 is 0.462 bits per heavy atom. The molecule has 12 nitrogen and oxygen atoms in total. The van der Waals surface area contributed by atoms with E-state index >= 15 is 0 Å². The Morgan fingerprint density at radius 2 is 0.462 bits per heavy atom. The van der Waals surface area contributed by atoms with Gasteiger partial charge in [-0.3, -0.25) is 0 Å². The van der Waals surface area contributed by atoms with Gasteiger partial charge < -0.3 is 65.0 Å². The molecule has 0 aromatic carbocycles. The molecule has 0 saturated heterocycles. The van der Waals surface area contributed by atoms with Gasteiger partial charge in [-0.25, -0.2) is 0 Å². The van der Waals surface area contributed by atoms with Crippen LogP contribution in [0.25, 0.3) is 0 Å². The Balaban J connectivity index is -0.00000000125. The topological polar surface area (TPSA) is 348 Å². The Hall–Kier alpha value is -0.415. The monoisotopic (exact) mass is 223 g/mol. The normalized spacial score (nSPS) is 2.08. The highest BCUT2D eigenvalue weighted by Crippen LogP contribution is 1.40. The molecule has 13 heteroatoms. The van der Waals surface area contributed by atoms with Gasteiger partial charge in [0.05, 0.1) is 0 Å². The number of hydrogen-bond acceptors (Lipinski definition) is 4. The van der Waals surface area contributed by atoms with Crippen LogP contribution in [0.15, 0.2) is 0 Å². The minimum Gasteiger partial charge on any atom is -0.412 e. The van der Waals surface area contributed by atoms with Crippen LogP contribution >= 0.6 is 0 Å². The van der Waals surface area contributed by atoms with Crippen molar-refractivity contribution >= 4 is 7.32 Å². The number of rotatable bonds is 0. The van der Waals surface area contributed by atoms with Gasteiger partial charge in [0.25, 0.3) is 0 Å². The van der Waals surface area contributed by atoms with Gasteiger partial charge in [0.2, 0.25) is 0 Å². The van der Waals surface area contributed by atoms with Gasteiger partial charge in [-0.2, -0.15) is 0 Å². The predicted molar refractivity (Wildman–Crippen MR) is 46.3 cm³/mol. The van der Waals surface area contributed by atoms with Gasteiger partial charge in [-0.05, 0) is 0 Å². The Bertz CT molecular complexity index is 14.8. The van der Waals surface area contributed by atoms with Gasteiger partial charge in [0.15, 0.2) is 0 Å². The maximum Gasteiger partial charge on any atom is 0.631 e. The second kappa shape index (κ2) is 194. The first kappa shape index (κ1) is 253. The molecule has 96 valence electrons. The van der Waals surface area contributed by atoms with Crippen LogP contribution in [0.4, 0.5) is 0 Å².